The number of ether oxygens (including phenoxy) is 1. The largest absolute Gasteiger partial charge is 0.496 e. The summed E-state index contributed by atoms with van der Waals surface area (Å²) in [4.78, 5) is 41.9. The zero-order valence-corrected chi connectivity index (χ0v) is 23.7. The lowest BCUT2D eigenvalue weighted by Crippen LogP contribution is -2.47. The second-order valence-electron chi connectivity index (χ2n) is 9.13. The van der Waals surface area contributed by atoms with E-state index >= 15 is 0 Å². The molecule has 3 heterocycles. The van der Waals surface area contributed by atoms with E-state index < -0.39 is 29.0 Å². The zero-order chi connectivity index (χ0) is 29.6. The normalized spacial score (nSPS) is 11.8. The molecule has 0 unspecified atom stereocenters. The number of carbonyl (C=O) groups is 1. The summed E-state index contributed by atoms with van der Waals surface area (Å²) in [6.07, 6.45) is 3.29. The third-order valence-electron chi connectivity index (χ3n) is 5.96. The van der Waals surface area contributed by atoms with E-state index in [-0.39, 0.29) is 32.2 Å². The zero-order valence-electron chi connectivity index (χ0n) is 22.9. The van der Waals surface area contributed by atoms with Gasteiger partial charge in [0.25, 0.3) is 5.56 Å². The summed E-state index contributed by atoms with van der Waals surface area (Å²) < 4.78 is 21.7. The molecule has 1 amide bonds. The first-order valence-corrected chi connectivity index (χ1v) is 13.4. The molecule has 0 bridgehead atoms. The lowest BCUT2D eigenvalue weighted by molar-refractivity contribution is -0.124. The van der Waals surface area contributed by atoms with Gasteiger partial charge in [-0.1, -0.05) is 11.3 Å². The number of aliphatic hydroxyl groups is 2. The summed E-state index contributed by atoms with van der Waals surface area (Å²) in [5, 5.41) is 27.2. The van der Waals surface area contributed by atoms with Gasteiger partial charge in [0, 0.05) is 18.2 Å². The monoisotopic (exact) mass is 576 g/mol. The van der Waals surface area contributed by atoms with E-state index in [0.717, 1.165) is 4.57 Å². The van der Waals surface area contributed by atoms with Crippen molar-refractivity contribution >= 4 is 27.5 Å². The first-order valence-electron chi connectivity index (χ1n) is 12.5. The molecule has 0 spiro atoms. The number of fused-ring (bicyclic) bond motifs is 1. The lowest BCUT2D eigenvalue weighted by Gasteiger charge is -2.19. The number of nitrogens with zero attached hydrogens (tertiary/aromatic N) is 5. The third kappa shape index (κ3) is 6.46. The van der Waals surface area contributed by atoms with Gasteiger partial charge in [-0.25, -0.2) is 13.8 Å². The van der Waals surface area contributed by atoms with E-state index in [9.17, 15) is 18.8 Å². The number of hydrogen-bond donors (Lipinski definition) is 3. The molecular weight excluding hydrogens is 543 g/mol. The number of rotatable bonds is 9. The Balaban J connectivity index is 0.00000103. The van der Waals surface area contributed by atoms with Crippen LogP contribution in [-0.2, 0) is 17.8 Å². The average molecular weight is 577 g/mol. The van der Waals surface area contributed by atoms with Crippen molar-refractivity contribution in [2.75, 3.05) is 20.3 Å². The molecule has 0 aliphatic rings. The fourth-order valence-corrected chi connectivity index (χ4v) is 5.34. The van der Waals surface area contributed by atoms with Gasteiger partial charge in [0.15, 0.2) is 0 Å². The maximum Gasteiger partial charge on any atom is 0.332 e. The van der Waals surface area contributed by atoms with Gasteiger partial charge in [0.2, 0.25) is 5.91 Å². The number of nitrogens with one attached hydrogen (secondary N) is 1. The fourth-order valence-electron chi connectivity index (χ4n) is 4.10. The Labute approximate surface area is 233 Å². The van der Waals surface area contributed by atoms with Crippen LogP contribution in [0, 0.1) is 12.7 Å². The lowest BCUT2D eigenvalue weighted by atomic mass is 10.1. The van der Waals surface area contributed by atoms with E-state index in [4.69, 9.17) is 14.9 Å². The molecule has 0 fully saturated rings. The van der Waals surface area contributed by atoms with Crippen LogP contribution in [-0.4, -0.2) is 66.6 Å². The van der Waals surface area contributed by atoms with E-state index in [1.807, 2.05) is 0 Å². The number of hydrogen-bond acceptors (Lipinski definition) is 9. The van der Waals surface area contributed by atoms with Gasteiger partial charge in [0.1, 0.15) is 27.4 Å². The van der Waals surface area contributed by atoms with E-state index in [2.05, 4.69) is 15.5 Å². The molecule has 14 heteroatoms. The number of thiophene rings is 1. The minimum Gasteiger partial charge on any atom is -0.496 e. The van der Waals surface area contributed by atoms with Crippen molar-refractivity contribution < 1.29 is 24.1 Å². The fraction of sp³-hybridized carbons (Fsp3) is 0.423. The molecular formula is C26H33FN6O6S. The minimum absolute atomic E-state index is 0.125. The van der Waals surface area contributed by atoms with Gasteiger partial charge in [-0.05, 0) is 57.9 Å². The molecule has 0 saturated carbocycles. The Morgan fingerprint density at radius 1 is 1.15 bits per heavy atom. The van der Waals surface area contributed by atoms with Crippen molar-refractivity contribution in [3.8, 4) is 10.8 Å². The van der Waals surface area contributed by atoms with Gasteiger partial charge in [0.05, 0.1) is 38.1 Å². The van der Waals surface area contributed by atoms with Crippen LogP contribution >= 0.6 is 11.3 Å². The first kappa shape index (κ1) is 30.7. The van der Waals surface area contributed by atoms with Crippen molar-refractivity contribution in [2.45, 2.75) is 52.7 Å². The van der Waals surface area contributed by atoms with Crippen molar-refractivity contribution in [1.82, 2.24) is 29.4 Å². The van der Waals surface area contributed by atoms with Gasteiger partial charge < -0.3 is 20.3 Å². The summed E-state index contributed by atoms with van der Waals surface area (Å²) in [5.74, 6) is -0.377. The second kappa shape index (κ2) is 13.5. The smallest absolute Gasteiger partial charge is 0.332 e. The molecule has 12 nitrogen and oxygen atoms in total. The van der Waals surface area contributed by atoms with Gasteiger partial charge in [-0.3, -0.25) is 14.2 Å². The van der Waals surface area contributed by atoms with Gasteiger partial charge >= 0.3 is 5.69 Å². The molecule has 0 saturated heterocycles. The highest BCUT2D eigenvalue weighted by Gasteiger charge is 2.26. The quantitative estimate of drug-likeness (QED) is 0.271. The number of carbonyl (C=O) groups excluding carboxylic acids is 1. The van der Waals surface area contributed by atoms with Crippen LogP contribution in [0.1, 0.15) is 37.9 Å². The molecule has 1 aromatic carbocycles. The molecule has 0 aliphatic heterocycles. The van der Waals surface area contributed by atoms with Crippen LogP contribution in [0.3, 0.4) is 0 Å². The topological polar surface area (TPSA) is 153 Å². The Morgan fingerprint density at radius 3 is 2.38 bits per heavy atom. The summed E-state index contributed by atoms with van der Waals surface area (Å²) in [7, 11) is 1.49. The maximum absolute atomic E-state index is 13.9. The third-order valence-corrected chi connectivity index (χ3v) is 7.24. The van der Waals surface area contributed by atoms with Crippen LogP contribution in [0.5, 0.6) is 5.75 Å². The predicted octanol–water partition coefficient (Wildman–Crippen LogP) is 1.56. The highest BCUT2D eigenvalue weighted by molar-refractivity contribution is 7.21. The van der Waals surface area contributed by atoms with Crippen molar-refractivity contribution in [1.29, 1.82) is 0 Å². The summed E-state index contributed by atoms with van der Waals surface area (Å²) in [5.41, 5.74) is -0.0229. The Kier molecular flexibility index (Phi) is 10.3. The number of amides is 1. The van der Waals surface area contributed by atoms with E-state index in [0.29, 0.717) is 32.1 Å². The van der Waals surface area contributed by atoms with Crippen LogP contribution in [0.25, 0.3) is 15.2 Å². The average Bonchev–Trinajstić information content (AvgIpc) is 3.56. The molecule has 3 N–H and O–H groups in total. The molecule has 216 valence electrons. The molecule has 4 rings (SSSR count). The van der Waals surface area contributed by atoms with E-state index in [1.165, 1.54) is 65.3 Å². The highest BCUT2D eigenvalue weighted by Crippen LogP contribution is 2.31. The Morgan fingerprint density at radius 2 is 1.80 bits per heavy atom. The Bertz CT molecular complexity index is 1580. The Hall–Kier alpha value is -3.88. The van der Waals surface area contributed by atoms with Crippen LogP contribution in [0.4, 0.5) is 4.39 Å². The van der Waals surface area contributed by atoms with Crippen molar-refractivity contribution in [3.63, 3.8) is 0 Å². The van der Waals surface area contributed by atoms with Crippen LogP contribution in [0.2, 0.25) is 0 Å². The second-order valence-corrected chi connectivity index (χ2v) is 10.1. The number of aromatic nitrogens is 5. The standard InChI is InChI=1S/C24H27FN6O4S.C2H6O2/c1-13(2)28-20(32)15(4)30-21(33)19-14(3)22(31-26-9-10-27-31)36-23(19)29(24(30)34)11-8-16-12-17(25)6-7-18(16)35-5;3-1-2-4/h6-7,9-10,12-13,15H,8,11H2,1-5H3,(H,28,32);3-4H,1-2H2/t15-;/m1./s1. The molecule has 0 aliphatic carbocycles. The molecule has 3 aromatic heterocycles. The van der Waals surface area contributed by atoms with Gasteiger partial charge in [-0.2, -0.15) is 10.2 Å². The highest BCUT2D eigenvalue weighted by atomic mass is 32.1. The molecule has 1 atom stereocenters. The SMILES string of the molecule is COc1ccc(F)cc1CCn1c(=O)n([C@H](C)C(=O)NC(C)C)c(=O)c2c(C)c(-n3nccn3)sc21.OCCO. The van der Waals surface area contributed by atoms with Gasteiger partial charge in [-0.15, -0.1) is 4.80 Å². The van der Waals surface area contributed by atoms with E-state index in [1.54, 1.807) is 20.8 Å². The first-order chi connectivity index (χ1) is 19.0. The maximum atomic E-state index is 13.9. The summed E-state index contributed by atoms with van der Waals surface area (Å²) >= 11 is 1.21. The number of aliphatic hydroxyl groups excluding tert-OH is 2. The summed E-state index contributed by atoms with van der Waals surface area (Å²) in [6, 6.07) is 2.97. The van der Waals surface area contributed by atoms with Crippen LogP contribution in [0.15, 0.2) is 40.2 Å². The minimum atomic E-state index is -1.04. The molecule has 4 aromatic rings. The number of methoxy groups -OCH3 is 1. The van der Waals surface area contributed by atoms with Crippen LogP contribution < -0.4 is 21.3 Å². The van der Waals surface area contributed by atoms with Crippen molar-refractivity contribution in [2.24, 2.45) is 0 Å². The van der Waals surface area contributed by atoms with Crippen molar-refractivity contribution in [3.05, 3.63) is 68.4 Å². The number of halogens is 1. The predicted molar refractivity (Wildman–Crippen MR) is 149 cm³/mol. The molecule has 40 heavy (non-hydrogen) atoms. The number of aryl methyl sites for hydroxylation is 3. The molecule has 0 radical (unpaired) electrons. The summed E-state index contributed by atoms with van der Waals surface area (Å²) in [6.45, 7) is 6.75. The number of benzene rings is 1.